The van der Waals surface area contributed by atoms with Crippen LogP contribution in [0.5, 0.6) is 0 Å². The van der Waals surface area contributed by atoms with Crippen LogP contribution >= 0.6 is 0 Å². The first kappa shape index (κ1) is 14.9. The third kappa shape index (κ3) is 3.13. The van der Waals surface area contributed by atoms with Crippen molar-refractivity contribution in [2.24, 2.45) is 0 Å². The topological polar surface area (TPSA) is 82.2 Å². The Kier molecular flexibility index (Phi) is 4.34. The lowest BCUT2D eigenvalue weighted by Crippen LogP contribution is -2.35. The van der Waals surface area contributed by atoms with Crippen molar-refractivity contribution in [2.75, 3.05) is 18.8 Å². The minimum atomic E-state index is -3.11. The number of aromatic nitrogens is 2. The van der Waals surface area contributed by atoms with Crippen LogP contribution in [0.25, 0.3) is 0 Å². The molecule has 0 saturated carbocycles. The summed E-state index contributed by atoms with van der Waals surface area (Å²) < 4.78 is 34.0. The molecular weight excluding hydrogens is 270 g/mol. The number of nitrogens with one attached hydrogen (secondary N) is 1. The van der Waals surface area contributed by atoms with E-state index >= 15 is 0 Å². The van der Waals surface area contributed by atoms with Gasteiger partial charge in [0.05, 0.1) is 6.10 Å². The van der Waals surface area contributed by atoms with Gasteiger partial charge in [-0.05, 0) is 19.0 Å². The molecule has 0 aromatic carbocycles. The molecule has 1 aliphatic heterocycles. The molecule has 1 aromatic rings. The molecule has 0 amide bonds. The van der Waals surface area contributed by atoms with Crippen LogP contribution in [0, 0.1) is 0 Å². The molecule has 8 heteroatoms. The maximum Gasteiger partial charge on any atom is 0.351 e. The first-order valence-electron chi connectivity index (χ1n) is 6.52. The fourth-order valence-electron chi connectivity index (χ4n) is 2.17. The Morgan fingerprint density at radius 1 is 1.65 bits per heavy atom. The SMILES string of the molecule is CCCNC[C@@H]1CC(F)(F)[C@H](n2ccc(N)nc2=O)O1. The fourth-order valence-corrected chi connectivity index (χ4v) is 2.17. The van der Waals surface area contributed by atoms with Gasteiger partial charge in [0.25, 0.3) is 5.92 Å². The number of nitrogen functional groups attached to an aromatic ring is 1. The Bertz CT molecular complexity index is 520. The number of anilines is 1. The summed E-state index contributed by atoms with van der Waals surface area (Å²) in [6.07, 6.45) is -0.591. The van der Waals surface area contributed by atoms with Gasteiger partial charge in [-0.15, -0.1) is 0 Å². The summed E-state index contributed by atoms with van der Waals surface area (Å²) in [5.41, 5.74) is 4.50. The zero-order chi connectivity index (χ0) is 14.8. The lowest BCUT2D eigenvalue weighted by molar-refractivity contribution is -0.116. The van der Waals surface area contributed by atoms with Crippen molar-refractivity contribution >= 4 is 5.82 Å². The molecule has 1 aliphatic rings. The van der Waals surface area contributed by atoms with Gasteiger partial charge < -0.3 is 15.8 Å². The molecule has 1 saturated heterocycles. The van der Waals surface area contributed by atoms with Crippen LogP contribution in [0.3, 0.4) is 0 Å². The molecule has 0 radical (unpaired) electrons. The summed E-state index contributed by atoms with van der Waals surface area (Å²) in [5, 5.41) is 3.03. The van der Waals surface area contributed by atoms with Crippen molar-refractivity contribution in [1.82, 2.24) is 14.9 Å². The van der Waals surface area contributed by atoms with Gasteiger partial charge in [-0.2, -0.15) is 4.98 Å². The van der Waals surface area contributed by atoms with Crippen LogP contribution in [0.4, 0.5) is 14.6 Å². The van der Waals surface area contributed by atoms with Crippen molar-refractivity contribution in [3.63, 3.8) is 0 Å². The van der Waals surface area contributed by atoms with Gasteiger partial charge in [0, 0.05) is 19.2 Å². The second-order valence-corrected chi connectivity index (χ2v) is 4.82. The predicted octanol–water partition coefficient (Wildman–Crippen LogP) is 0.748. The Morgan fingerprint density at radius 2 is 2.40 bits per heavy atom. The number of hydrogen-bond donors (Lipinski definition) is 2. The van der Waals surface area contributed by atoms with E-state index in [9.17, 15) is 13.6 Å². The van der Waals surface area contributed by atoms with Crippen LogP contribution in [-0.2, 0) is 4.74 Å². The quantitative estimate of drug-likeness (QED) is 0.781. The standard InChI is InChI=1S/C12H18F2N4O2/c1-2-4-16-7-8-6-12(13,14)10(20-8)18-5-3-9(15)17-11(18)19/h3,5,8,10,16H,2,4,6-7H2,1H3,(H2,15,17,19)/t8-,10+/m0/s1. The number of ether oxygens (including phenoxy) is 1. The van der Waals surface area contributed by atoms with Crippen LogP contribution in [0.2, 0.25) is 0 Å². The van der Waals surface area contributed by atoms with E-state index < -0.39 is 30.4 Å². The summed E-state index contributed by atoms with van der Waals surface area (Å²) in [5.74, 6) is -3.12. The van der Waals surface area contributed by atoms with Gasteiger partial charge in [-0.3, -0.25) is 4.57 Å². The molecule has 3 N–H and O–H groups in total. The van der Waals surface area contributed by atoms with E-state index in [-0.39, 0.29) is 5.82 Å². The Morgan fingerprint density at radius 3 is 3.05 bits per heavy atom. The van der Waals surface area contributed by atoms with Gasteiger partial charge in [0.2, 0.25) is 6.23 Å². The molecule has 0 unspecified atom stereocenters. The highest BCUT2D eigenvalue weighted by atomic mass is 19.3. The van der Waals surface area contributed by atoms with Crippen LogP contribution in [0.15, 0.2) is 17.1 Å². The third-order valence-corrected chi connectivity index (χ3v) is 3.09. The minimum Gasteiger partial charge on any atom is -0.383 e. The first-order chi connectivity index (χ1) is 9.44. The molecule has 0 aliphatic carbocycles. The zero-order valence-electron chi connectivity index (χ0n) is 11.2. The summed E-state index contributed by atoms with van der Waals surface area (Å²) in [4.78, 5) is 15.1. The predicted molar refractivity (Wildman–Crippen MR) is 69.5 cm³/mol. The van der Waals surface area contributed by atoms with Crippen LogP contribution in [-0.4, -0.2) is 34.7 Å². The molecule has 0 bridgehead atoms. The number of rotatable bonds is 5. The summed E-state index contributed by atoms with van der Waals surface area (Å²) in [6, 6.07) is 1.30. The molecule has 6 nitrogen and oxygen atoms in total. The van der Waals surface area contributed by atoms with E-state index in [2.05, 4.69) is 10.3 Å². The Hall–Kier alpha value is -1.54. The van der Waals surface area contributed by atoms with E-state index in [1.54, 1.807) is 0 Å². The zero-order valence-corrected chi connectivity index (χ0v) is 11.2. The van der Waals surface area contributed by atoms with Crippen molar-refractivity contribution in [3.8, 4) is 0 Å². The van der Waals surface area contributed by atoms with E-state index in [0.717, 1.165) is 17.5 Å². The fraction of sp³-hybridized carbons (Fsp3) is 0.667. The first-order valence-corrected chi connectivity index (χ1v) is 6.52. The molecule has 2 rings (SSSR count). The number of alkyl halides is 2. The van der Waals surface area contributed by atoms with Crippen molar-refractivity contribution < 1.29 is 13.5 Å². The molecule has 112 valence electrons. The van der Waals surface area contributed by atoms with Crippen molar-refractivity contribution in [1.29, 1.82) is 0 Å². The minimum absolute atomic E-state index is 0.00581. The van der Waals surface area contributed by atoms with Gasteiger partial charge in [0.1, 0.15) is 5.82 Å². The molecule has 0 spiro atoms. The molecule has 1 aromatic heterocycles. The monoisotopic (exact) mass is 288 g/mol. The Balaban J connectivity index is 2.13. The van der Waals surface area contributed by atoms with E-state index in [4.69, 9.17) is 10.5 Å². The normalized spacial score (nSPS) is 24.9. The number of nitrogens with two attached hydrogens (primary N) is 1. The van der Waals surface area contributed by atoms with Gasteiger partial charge in [-0.1, -0.05) is 6.92 Å². The highest BCUT2D eigenvalue weighted by Crippen LogP contribution is 2.41. The third-order valence-electron chi connectivity index (χ3n) is 3.09. The van der Waals surface area contributed by atoms with E-state index in [0.29, 0.717) is 6.54 Å². The van der Waals surface area contributed by atoms with Gasteiger partial charge >= 0.3 is 5.69 Å². The molecular formula is C12H18F2N4O2. The largest absolute Gasteiger partial charge is 0.383 e. The highest BCUT2D eigenvalue weighted by molar-refractivity contribution is 5.23. The summed E-state index contributed by atoms with van der Waals surface area (Å²) in [7, 11) is 0. The molecule has 1 fully saturated rings. The average Bonchev–Trinajstić information content (AvgIpc) is 2.65. The van der Waals surface area contributed by atoms with Gasteiger partial charge in [0.15, 0.2) is 0 Å². The number of nitrogens with zero attached hydrogens (tertiary/aromatic N) is 2. The van der Waals surface area contributed by atoms with Gasteiger partial charge in [-0.25, -0.2) is 13.6 Å². The molecule has 2 atom stereocenters. The van der Waals surface area contributed by atoms with Crippen molar-refractivity contribution in [2.45, 2.75) is 38.0 Å². The van der Waals surface area contributed by atoms with E-state index in [1.807, 2.05) is 6.92 Å². The summed E-state index contributed by atoms with van der Waals surface area (Å²) >= 11 is 0. The Labute approximate surface area is 114 Å². The summed E-state index contributed by atoms with van der Waals surface area (Å²) in [6.45, 7) is 3.05. The lowest BCUT2D eigenvalue weighted by Gasteiger charge is -2.19. The van der Waals surface area contributed by atoms with Crippen molar-refractivity contribution in [3.05, 3.63) is 22.7 Å². The maximum absolute atomic E-state index is 14.0. The smallest absolute Gasteiger partial charge is 0.351 e. The number of hydrogen-bond acceptors (Lipinski definition) is 5. The molecule has 20 heavy (non-hydrogen) atoms. The average molecular weight is 288 g/mol. The second-order valence-electron chi connectivity index (χ2n) is 4.82. The van der Waals surface area contributed by atoms with Crippen LogP contribution in [0.1, 0.15) is 26.0 Å². The van der Waals surface area contributed by atoms with Crippen LogP contribution < -0.4 is 16.7 Å². The lowest BCUT2D eigenvalue weighted by atomic mass is 10.2. The highest BCUT2D eigenvalue weighted by Gasteiger charge is 2.51. The molecule has 2 heterocycles. The second kappa shape index (κ2) is 5.84. The number of halogens is 2. The maximum atomic E-state index is 14.0. The van der Waals surface area contributed by atoms with E-state index in [1.165, 1.54) is 12.3 Å².